The molecule has 20 heavy (non-hydrogen) atoms. The Morgan fingerprint density at radius 1 is 1.25 bits per heavy atom. The maximum atomic E-state index is 10.8. The van der Waals surface area contributed by atoms with Crippen LogP contribution in [-0.2, 0) is 6.54 Å². The third kappa shape index (κ3) is 3.28. The third-order valence-electron chi connectivity index (χ3n) is 2.87. The number of aromatic nitrogens is 3. The molecule has 0 atom stereocenters. The van der Waals surface area contributed by atoms with Crippen LogP contribution in [0.25, 0.3) is 0 Å². The van der Waals surface area contributed by atoms with E-state index in [2.05, 4.69) is 15.2 Å². The summed E-state index contributed by atoms with van der Waals surface area (Å²) in [5, 5.41) is 16.5. The highest BCUT2D eigenvalue weighted by atomic mass is 16.4. The zero-order valence-corrected chi connectivity index (χ0v) is 11.4. The van der Waals surface area contributed by atoms with E-state index in [1.165, 1.54) is 6.07 Å². The second-order valence-corrected chi connectivity index (χ2v) is 4.37. The van der Waals surface area contributed by atoms with E-state index in [1.807, 2.05) is 36.9 Å². The molecule has 0 aliphatic rings. The molecule has 0 spiro atoms. The summed E-state index contributed by atoms with van der Waals surface area (Å²) in [4.78, 5) is 17.2. The second-order valence-electron chi connectivity index (χ2n) is 4.37. The molecule has 0 fully saturated rings. The minimum atomic E-state index is -1.08. The van der Waals surface area contributed by atoms with Crippen molar-refractivity contribution in [3.8, 4) is 0 Å². The molecule has 2 aromatic rings. The largest absolute Gasteiger partial charge is 0.476 e. The van der Waals surface area contributed by atoms with Gasteiger partial charge < -0.3 is 10.0 Å². The van der Waals surface area contributed by atoms with Gasteiger partial charge in [0.1, 0.15) is 0 Å². The number of hydrogen-bond acceptors (Lipinski definition) is 5. The lowest BCUT2D eigenvalue weighted by Gasteiger charge is -2.21. The number of carboxylic acid groups (broad SMARTS) is 1. The summed E-state index contributed by atoms with van der Waals surface area (Å²) in [6.07, 6.45) is 0. The van der Waals surface area contributed by atoms with Gasteiger partial charge in [-0.25, -0.2) is 4.79 Å². The minimum absolute atomic E-state index is 0.0570. The van der Waals surface area contributed by atoms with Gasteiger partial charge in [0, 0.05) is 12.2 Å². The lowest BCUT2D eigenvalue weighted by atomic mass is 10.3. The molecule has 0 unspecified atom stereocenters. The van der Waals surface area contributed by atoms with Crippen molar-refractivity contribution in [3.05, 3.63) is 47.4 Å². The lowest BCUT2D eigenvalue weighted by molar-refractivity contribution is 0.0689. The van der Waals surface area contributed by atoms with Gasteiger partial charge in [0.05, 0.1) is 12.2 Å². The average molecular weight is 272 g/mol. The predicted octanol–water partition coefficient (Wildman–Crippen LogP) is 1.90. The van der Waals surface area contributed by atoms with E-state index in [-0.39, 0.29) is 5.69 Å². The van der Waals surface area contributed by atoms with Gasteiger partial charge in [0.2, 0.25) is 0 Å². The Morgan fingerprint density at radius 3 is 2.60 bits per heavy atom. The molecule has 0 bridgehead atoms. The highest BCUT2D eigenvalue weighted by Gasteiger charge is 2.10. The molecule has 0 amide bonds. The van der Waals surface area contributed by atoms with Crippen LogP contribution in [0.2, 0.25) is 0 Å². The Balaban J connectivity index is 2.17. The summed E-state index contributed by atoms with van der Waals surface area (Å²) in [5.41, 5.74) is 1.85. The summed E-state index contributed by atoms with van der Waals surface area (Å²) in [5.74, 6) is -0.437. The summed E-state index contributed by atoms with van der Waals surface area (Å²) >= 11 is 0. The van der Waals surface area contributed by atoms with E-state index in [4.69, 9.17) is 5.11 Å². The minimum Gasteiger partial charge on any atom is -0.476 e. The van der Waals surface area contributed by atoms with Gasteiger partial charge in [-0.3, -0.25) is 4.98 Å². The molecule has 0 aliphatic heterocycles. The van der Waals surface area contributed by atoms with Gasteiger partial charge in [0.15, 0.2) is 11.5 Å². The van der Waals surface area contributed by atoms with E-state index in [9.17, 15) is 4.79 Å². The maximum absolute atomic E-state index is 10.8. The Bertz CT molecular complexity index is 598. The first kappa shape index (κ1) is 13.9. The molecule has 1 N–H and O–H groups in total. The number of anilines is 1. The van der Waals surface area contributed by atoms with Crippen molar-refractivity contribution in [2.75, 3.05) is 11.4 Å². The second kappa shape index (κ2) is 6.10. The normalized spacial score (nSPS) is 10.3. The van der Waals surface area contributed by atoms with E-state index < -0.39 is 5.97 Å². The number of rotatable bonds is 5. The number of aryl methyl sites for hydroxylation is 1. The molecule has 2 aromatic heterocycles. The van der Waals surface area contributed by atoms with Crippen molar-refractivity contribution in [2.45, 2.75) is 20.4 Å². The molecule has 2 heterocycles. The Labute approximate surface area is 117 Å². The number of hydrogen-bond donors (Lipinski definition) is 1. The van der Waals surface area contributed by atoms with Gasteiger partial charge >= 0.3 is 5.97 Å². The molecular weight excluding hydrogens is 256 g/mol. The molecule has 0 aromatic carbocycles. The predicted molar refractivity (Wildman–Crippen MR) is 74.7 cm³/mol. The van der Waals surface area contributed by atoms with Crippen molar-refractivity contribution >= 4 is 11.8 Å². The zero-order valence-electron chi connectivity index (χ0n) is 11.4. The molecule has 104 valence electrons. The number of nitrogens with zero attached hydrogens (tertiary/aromatic N) is 4. The van der Waals surface area contributed by atoms with Crippen molar-refractivity contribution in [2.24, 2.45) is 0 Å². The molecular formula is C14H16N4O2. The third-order valence-corrected chi connectivity index (χ3v) is 2.87. The summed E-state index contributed by atoms with van der Waals surface area (Å²) in [7, 11) is 0. The van der Waals surface area contributed by atoms with Crippen LogP contribution in [0.1, 0.15) is 28.8 Å². The fourth-order valence-electron chi connectivity index (χ4n) is 1.85. The standard InChI is InChI=1S/C14H16N4O2/c1-3-18(9-11-6-4-5-10(2)15-11)13-8-7-12(14(19)20)16-17-13/h4-8H,3,9H2,1-2H3,(H,19,20). The Hall–Kier alpha value is -2.50. The van der Waals surface area contributed by atoms with E-state index in [0.717, 1.165) is 17.9 Å². The number of carbonyl (C=O) groups is 1. The van der Waals surface area contributed by atoms with Crippen LogP contribution in [0.4, 0.5) is 5.82 Å². The van der Waals surface area contributed by atoms with Gasteiger partial charge in [-0.15, -0.1) is 10.2 Å². The van der Waals surface area contributed by atoms with Crippen LogP contribution in [0, 0.1) is 6.92 Å². The molecule has 6 nitrogen and oxygen atoms in total. The summed E-state index contributed by atoms with van der Waals surface area (Å²) < 4.78 is 0. The van der Waals surface area contributed by atoms with Crippen LogP contribution < -0.4 is 4.90 Å². The van der Waals surface area contributed by atoms with Gasteiger partial charge in [-0.1, -0.05) is 6.07 Å². The maximum Gasteiger partial charge on any atom is 0.356 e. The van der Waals surface area contributed by atoms with Crippen LogP contribution >= 0.6 is 0 Å². The Kier molecular flexibility index (Phi) is 4.24. The highest BCUT2D eigenvalue weighted by Crippen LogP contribution is 2.13. The number of pyridine rings is 1. The van der Waals surface area contributed by atoms with E-state index in [1.54, 1.807) is 6.07 Å². The Morgan fingerprint density at radius 2 is 2.05 bits per heavy atom. The van der Waals surface area contributed by atoms with Gasteiger partial charge in [-0.05, 0) is 38.1 Å². The number of aromatic carboxylic acids is 1. The fraction of sp³-hybridized carbons (Fsp3) is 0.286. The van der Waals surface area contributed by atoms with Gasteiger partial charge in [0.25, 0.3) is 0 Å². The smallest absolute Gasteiger partial charge is 0.356 e. The van der Waals surface area contributed by atoms with Crippen LogP contribution in [0.3, 0.4) is 0 Å². The van der Waals surface area contributed by atoms with Crippen molar-refractivity contribution in [1.82, 2.24) is 15.2 Å². The van der Waals surface area contributed by atoms with Gasteiger partial charge in [-0.2, -0.15) is 0 Å². The highest BCUT2D eigenvalue weighted by molar-refractivity contribution is 5.85. The fourth-order valence-corrected chi connectivity index (χ4v) is 1.85. The summed E-state index contributed by atoms with van der Waals surface area (Å²) in [6, 6.07) is 8.98. The molecule has 0 aliphatic carbocycles. The van der Waals surface area contributed by atoms with E-state index in [0.29, 0.717) is 12.4 Å². The van der Waals surface area contributed by atoms with Crippen molar-refractivity contribution in [3.63, 3.8) is 0 Å². The van der Waals surface area contributed by atoms with Crippen LogP contribution in [0.15, 0.2) is 30.3 Å². The molecule has 0 radical (unpaired) electrons. The van der Waals surface area contributed by atoms with Crippen LogP contribution in [0.5, 0.6) is 0 Å². The molecule has 0 saturated heterocycles. The van der Waals surface area contributed by atoms with Crippen molar-refractivity contribution < 1.29 is 9.90 Å². The van der Waals surface area contributed by atoms with E-state index >= 15 is 0 Å². The zero-order chi connectivity index (χ0) is 14.5. The summed E-state index contributed by atoms with van der Waals surface area (Å²) in [6.45, 7) is 5.29. The first-order valence-electron chi connectivity index (χ1n) is 6.34. The van der Waals surface area contributed by atoms with Crippen molar-refractivity contribution in [1.29, 1.82) is 0 Å². The number of carboxylic acids is 1. The van der Waals surface area contributed by atoms with Crippen LogP contribution in [-0.4, -0.2) is 32.8 Å². The quantitative estimate of drug-likeness (QED) is 0.895. The topological polar surface area (TPSA) is 79.2 Å². The molecule has 0 saturated carbocycles. The first-order valence-corrected chi connectivity index (χ1v) is 6.34. The monoisotopic (exact) mass is 272 g/mol. The molecule has 6 heteroatoms. The molecule has 2 rings (SSSR count). The SMILES string of the molecule is CCN(Cc1cccc(C)n1)c1ccc(C(=O)O)nn1. The lowest BCUT2D eigenvalue weighted by Crippen LogP contribution is -2.24. The first-order chi connectivity index (χ1) is 9.60. The average Bonchev–Trinajstić information content (AvgIpc) is 2.45.